The molecule has 2 heteroatoms. The van der Waals surface area contributed by atoms with E-state index < -0.39 is 0 Å². The van der Waals surface area contributed by atoms with E-state index in [1.807, 2.05) is 0 Å². The quantitative estimate of drug-likeness (QED) is 0.925. The van der Waals surface area contributed by atoms with Crippen molar-refractivity contribution in [2.75, 3.05) is 7.05 Å². The monoisotopic (exact) mass is 293 g/mol. The number of amides is 1. The molecular formula is C20H23NO. The van der Waals surface area contributed by atoms with E-state index in [0.29, 0.717) is 6.42 Å². The minimum atomic E-state index is 0.118. The van der Waals surface area contributed by atoms with Crippen LogP contribution in [0.2, 0.25) is 0 Å². The van der Waals surface area contributed by atoms with Crippen LogP contribution in [0.4, 0.5) is 0 Å². The summed E-state index contributed by atoms with van der Waals surface area (Å²) in [5, 5.41) is 2.71. The number of rotatable bonds is 3. The summed E-state index contributed by atoms with van der Waals surface area (Å²) in [4.78, 5) is 11.5. The highest BCUT2D eigenvalue weighted by Crippen LogP contribution is 2.20. The molecule has 2 aromatic rings. The summed E-state index contributed by atoms with van der Waals surface area (Å²) in [6.07, 6.45) is 5.65. The fraction of sp³-hybridized carbons (Fsp3) is 0.350. The van der Waals surface area contributed by atoms with Gasteiger partial charge in [0.05, 0.1) is 0 Å². The largest absolute Gasteiger partial charge is 0.359 e. The molecule has 0 unspecified atom stereocenters. The van der Waals surface area contributed by atoms with E-state index in [1.165, 1.54) is 27.8 Å². The van der Waals surface area contributed by atoms with E-state index in [1.54, 1.807) is 7.05 Å². The molecule has 2 aromatic carbocycles. The second kappa shape index (κ2) is 6.78. The molecule has 0 saturated heterocycles. The molecule has 4 bridgehead atoms. The Kier molecular flexibility index (Phi) is 4.57. The highest BCUT2D eigenvalue weighted by Gasteiger charge is 2.09. The van der Waals surface area contributed by atoms with Gasteiger partial charge in [-0.3, -0.25) is 4.79 Å². The van der Waals surface area contributed by atoms with Gasteiger partial charge in [0.25, 0.3) is 0 Å². The summed E-state index contributed by atoms with van der Waals surface area (Å²) in [6.45, 7) is 0. The number of benzene rings is 2. The molecule has 4 aliphatic rings. The molecule has 1 N–H and O–H groups in total. The first kappa shape index (κ1) is 14.8. The summed E-state index contributed by atoms with van der Waals surface area (Å²) in [5.74, 6) is 0.118. The summed E-state index contributed by atoms with van der Waals surface area (Å²) < 4.78 is 0. The zero-order valence-electron chi connectivity index (χ0n) is 13.2. The minimum Gasteiger partial charge on any atom is -0.359 e. The fourth-order valence-corrected chi connectivity index (χ4v) is 3.12. The van der Waals surface area contributed by atoms with Gasteiger partial charge in [0.2, 0.25) is 5.91 Å². The van der Waals surface area contributed by atoms with Crippen molar-refractivity contribution in [1.82, 2.24) is 5.32 Å². The maximum absolute atomic E-state index is 11.5. The molecule has 114 valence electrons. The van der Waals surface area contributed by atoms with Crippen molar-refractivity contribution < 1.29 is 4.79 Å². The molecule has 0 spiro atoms. The lowest BCUT2D eigenvalue weighted by molar-refractivity contribution is -0.120. The number of carbonyl (C=O) groups excluding carboxylic acids is 1. The number of aryl methyl sites for hydroxylation is 5. The second-order valence-corrected chi connectivity index (χ2v) is 6.09. The van der Waals surface area contributed by atoms with E-state index >= 15 is 0 Å². The Balaban J connectivity index is 1.85. The van der Waals surface area contributed by atoms with E-state index in [9.17, 15) is 4.79 Å². The predicted octanol–water partition coefficient (Wildman–Crippen LogP) is 3.25. The molecule has 6 rings (SSSR count). The average Bonchev–Trinajstić information content (AvgIpc) is 2.55. The first-order valence-electron chi connectivity index (χ1n) is 8.13. The van der Waals surface area contributed by atoms with Gasteiger partial charge in [0, 0.05) is 13.5 Å². The maximum atomic E-state index is 11.5. The lowest BCUT2D eigenvalue weighted by Crippen LogP contribution is -2.18. The van der Waals surface area contributed by atoms with Gasteiger partial charge in [-0.25, -0.2) is 0 Å². The highest BCUT2D eigenvalue weighted by atomic mass is 16.1. The van der Waals surface area contributed by atoms with Gasteiger partial charge >= 0.3 is 0 Å². The third-order valence-corrected chi connectivity index (χ3v) is 4.58. The van der Waals surface area contributed by atoms with Crippen LogP contribution in [0, 0.1) is 0 Å². The first-order valence-corrected chi connectivity index (χ1v) is 8.13. The summed E-state index contributed by atoms with van der Waals surface area (Å²) in [7, 11) is 1.70. The van der Waals surface area contributed by atoms with Crippen molar-refractivity contribution in [3.8, 4) is 0 Å². The van der Waals surface area contributed by atoms with Crippen molar-refractivity contribution in [1.29, 1.82) is 0 Å². The van der Waals surface area contributed by atoms with Crippen LogP contribution in [0.3, 0.4) is 0 Å². The van der Waals surface area contributed by atoms with Crippen LogP contribution in [-0.4, -0.2) is 13.0 Å². The Morgan fingerprint density at radius 3 is 2.18 bits per heavy atom. The van der Waals surface area contributed by atoms with Gasteiger partial charge in [0.1, 0.15) is 0 Å². The number of carbonyl (C=O) groups is 1. The molecular weight excluding hydrogens is 270 g/mol. The normalized spacial score (nSPS) is 13.5. The Hall–Kier alpha value is -2.09. The van der Waals surface area contributed by atoms with Crippen LogP contribution in [-0.2, 0) is 36.9 Å². The van der Waals surface area contributed by atoms with Gasteiger partial charge < -0.3 is 5.32 Å². The highest BCUT2D eigenvalue weighted by molar-refractivity contribution is 5.75. The first-order chi connectivity index (χ1) is 10.7. The molecule has 0 aliphatic heterocycles. The zero-order chi connectivity index (χ0) is 15.4. The minimum absolute atomic E-state index is 0.118. The lowest BCUT2D eigenvalue weighted by atomic mass is 9.91. The van der Waals surface area contributed by atoms with Gasteiger partial charge in [-0.15, -0.1) is 0 Å². The zero-order valence-corrected chi connectivity index (χ0v) is 13.2. The van der Waals surface area contributed by atoms with E-state index in [-0.39, 0.29) is 5.91 Å². The van der Waals surface area contributed by atoms with Crippen LogP contribution in [0.15, 0.2) is 42.5 Å². The van der Waals surface area contributed by atoms with E-state index in [4.69, 9.17) is 0 Å². The molecule has 0 radical (unpaired) electrons. The molecule has 0 fully saturated rings. The molecule has 2 nitrogen and oxygen atoms in total. The van der Waals surface area contributed by atoms with E-state index in [2.05, 4.69) is 47.8 Å². The van der Waals surface area contributed by atoms with Crippen LogP contribution in [0.5, 0.6) is 0 Å². The van der Waals surface area contributed by atoms with Gasteiger partial charge in [-0.05, 0) is 59.9 Å². The van der Waals surface area contributed by atoms with Crippen LogP contribution in [0.25, 0.3) is 0 Å². The van der Waals surface area contributed by atoms with Crippen molar-refractivity contribution in [3.05, 3.63) is 70.3 Å². The molecule has 0 atom stereocenters. The third-order valence-electron chi connectivity index (χ3n) is 4.58. The van der Waals surface area contributed by atoms with Gasteiger partial charge in [-0.1, -0.05) is 42.5 Å². The Bertz CT molecular complexity index is 658. The van der Waals surface area contributed by atoms with Crippen LogP contribution >= 0.6 is 0 Å². The summed E-state index contributed by atoms with van der Waals surface area (Å²) in [5.41, 5.74) is 6.90. The van der Waals surface area contributed by atoms with Crippen LogP contribution in [0.1, 0.15) is 34.2 Å². The van der Waals surface area contributed by atoms with E-state index in [0.717, 1.165) is 32.1 Å². The average molecular weight is 293 g/mol. The molecule has 0 aromatic heterocycles. The topological polar surface area (TPSA) is 29.1 Å². The number of hydrogen-bond donors (Lipinski definition) is 1. The Labute approximate surface area is 132 Å². The third kappa shape index (κ3) is 3.56. The smallest absolute Gasteiger partial charge is 0.220 e. The summed E-state index contributed by atoms with van der Waals surface area (Å²) in [6, 6.07) is 15.9. The predicted molar refractivity (Wildman–Crippen MR) is 90.1 cm³/mol. The van der Waals surface area contributed by atoms with Crippen molar-refractivity contribution >= 4 is 5.91 Å². The molecule has 1 amide bonds. The van der Waals surface area contributed by atoms with Crippen LogP contribution < -0.4 is 5.32 Å². The maximum Gasteiger partial charge on any atom is 0.220 e. The Morgan fingerprint density at radius 2 is 1.50 bits per heavy atom. The second-order valence-electron chi connectivity index (χ2n) is 6.09. The van der Waals surface area contributed by atoms with Crippen molar-refractivity contribution in [2.45, 2.75) is 38.5 Å². The SMILES string of the molecule is CNC(=O)CCc1cc2ccc1CCc1ccc(cc1)CC2. The Morgan fingerprint density at radius 1 is 0.909 bits per heavy atom. The molecule has 22 heavy (non-hydrogen) atoms. The van der Waals surface area contributed by atoms with Gasteiger partial charge in [0.15, 0.2) is 0 Å². The summed E-state index contributed by atoms with van der Waals surface area (Å²) >= 11 is 0. The molecule has 0 saturated carbocycles. The lowest BCUT2D eigenvalue weighted by Gasteiger charge is -2.14. The van der Waals surface area contributed by atoms with Gasteiger partial charge in [-0.2, -0.15) is 0 Å². The number of nitrogens with one attached hydrogen (secondary N) is 1. The van der Waals surface area contributed by atoms with Crippen molar-refractivity contribution in [2.24, 2.45) is 0 Å². The standard InChI is InChI=1S/C20H23NO/c1-21-20(22)13-12-19-14-17-7-6-15-2-4-16(5-3-15)8-10-18(19)11-9-17/h2-5,9,11,14H,6-8,10,12-13H2,1H3,(H,21,22). The molecule has 4 aliphatic carbocycles. The molecule has 0 heterocycles. The fourth-order valence-electron chi connectivity index (χ4n) is 3.12. The van der Waals surface area contributed by atoms with Crippen molar-refractivity contribution in [3.63, 3.8) is 0 Å². The number of hydrogen-bond acceptors (Lipinski definition) is 1.